The first kappa shape index (κ1) is 33.4. The van der Waals surface area contributed by atoms with E-state index in [-0.39, 0.29) is 5.41 Å². The molecule has 282 valence electrons. The Hall–Kier alpha value is -7.62. The van der Waals surface area contributed by atoms with Gasteiger partial charge in [-0.15, -0.1) is 0 Å². The zero-order valence-corrected chi connectivity index (χ0v) is 33.3. The maximum Gasteiger partial charge on any atom is 0.135 e. The minimum absolute atomic E-state index is 0.0163. The van der Waals surface area contributed by atoms with Gasteiger partial charge in [-0.3, -0.25) is 0 Å². The molecule has 0 saturated carbocycles. The minimum Gasteiger partial charge on any atom is -0.456 e. The number of rotatable bonds is 5. The van der Waals surface area contributed by atoms with E-state index in [4.69, 9.17) is 4.42 Å². The molecule has 0 amide bonds. The predicted octanol–water partition coefficient (Wildman–Crippen LogP) is 15.8. The number of hydrogen-bond donors (Lipinski definition) is 0. The quantitative estimate of drug-likeness (QED) is 0.174. The van der Waals surface area contributed by atoms with Gasteiger partial charge in [0, 0.05) is 49.1 Å². The number of hydrogen-bond acceptors (Lipinski definition) is 2. The molecule has 0 spiro atoms. The lowest BCUT2D eigenvalue weighted by Crippen LogP contribution is -2.14. The zero-order chi connectivity index (χ0) is 39.7. The normalized spacial score (nSPS) is 13.3. The van der Waals surface area contributed by atoms with E-state index in [1.54, 1.807) is 0 Å². The Kier molecular flexibility index (Phi) is 6.78. The van der Waals surface area contributed by atoms with Crippen LogP contribution in [0.25, 0.3) is 93.4 Å². The molecule has 0 saturated heterocycles. The molecule has 0 fully saturated rings. The van der Waals surface area contributed by atoms with Crippen LogP contribution in [0.15, 0.2) is 199 Å². The molecule has 0 radical (unpaired) electrons. The molecular formula is C57H38N2O. The van der Waals surface area contributed by atoms with Crippen LogP contribution in [-0.2, 0) is 5.41 Å². The molecule has 3 nitrogen and oxygen atoms in total. The second kappa shape index (κ2) is 12.2. The monoisotopic (exact) mass is 766 g/mol. The second-order valence-electron chi connectivity index (χ2n) is 16.9. The van der Waals surface area contributed by atoms with Gasteiger partial charge < -0.3 is 13.7 Å². The number of benzene rings is 9. The second-order valence-corrected chi connectivity index (χ2v) is 16.9. The Bertz CT molecular complexity index is 3680. The Labute approximate surface area is 347 Å². The van der Waals surface area contributed by atoms with Crippen LogP contribution in [0.4, 0.5) is 17.1 Å². The summed E-state index contributed by atoms with van der Waals surface area (Å²) in [7, 11) is 0. The fraction of sp³-hybridized carbons (Fsp3) is 0.0526. The van der Waals surface area contributed by atoms with Crippen molar-refractivity contribution in [3.05, 3.63) is 205 Å². The number of nitrogens with zero attached hydrogens (tertiary/aromatic N) is 2. The van der Waals surface area contributed by atoms with E-state index in [1.165, 1.54) is 71.5 Å². The van der Waals surface area contributed by atoms with Gasteiger partial charge in [0.15, 0.2) is 0 Å². The van der Waals surface area contributed by atoms with E-state index in [9.17, 15) is 0 Å². The Morgan fingerprint density at radius 3 is 1.75 bits per heavy atom. The molecule has 3 heterocycles. The highest BCUT2D eigenvalue weighted by atomic mass is 16.3. The summed E-state index contributed by atoms with van der Waals surface area (Å²) in [6, 6.07) is 71.2. The van der Waals surface area contributed by atoms with E-state index in [0.717, 1.165) is 50.1 Å². The van der Waals surface area contributed by atoms with Crippen LogP contribution in [-0.4, -0.2) is 4.40 Å². The van der Waals surface area contributed by atoms with Gasteiger partial charge in [-0.2, -0.15) is 0 Å². The summed E-state index contributed by atoms with van der Waals surface area (Å²) in [4.78, 5) is 2.45. The standard InChI is InChI=1S/C57H38N2O/c1-57(2)48-15-7-3-11-41(48)46-33-37(23-30-49(46)57)35-19-25-39(26-20-35)58(40-27-21-36(22-28-40)38-24-32-54-47(34-38)43-13-6-10-18-53(43)60-54)52-31-29-44-42-12-4-8-16-50(42)59-51-17-9-5-14-45(51)55(52)56(44)59/h3-34H,1-2H3. The van der Waals surface area contributed by atoms with Crippen molar-refractivity contribution in [1.82, 2.24) is 4.40 Å². The van der Waals surface area contributed by atoms with Crippen LogP contribution in [0.2, 0.25) is 0 Å². The lowest BCUT2D eigenvalue weighted by Gasteiger charge is -2.27. The van der Waals surface area contributed by atoms with Gasteiger partial charge in [0.1, 0.15) is 11.2 Å². The summed E-state index contributed by atoms with van der Waals surface area (Å²) >= 11 is 0. The molecule has 1 aliphatic carbocycles. The average molecular weight is 767 g/mol. The van der Waals surface area contributed by atoms with Crippen molar-refractivity contribution in [2.45, 2.75) is 19.3 Å². The molecule has 0 atom stereocenters. The molecule has 0 aliphatic heterocycles. The molecule has 13 rings (SSSR count). The van der Waals surface area contributed by atoms with E-state index < -0.39 is 0 Å². The first-order valence-electron chi connectivity index (χ1n) is 20.8. The van der Waals surface area contributed by atoms with Gasteiger partial charge >= 0.3 is 0 Å². The first-order valence-corrected chi connectivity index (χ1v) is 20.8. The fourth-order valence-electron chi connectivity index (χ4n) is 10.5. The van der Waals surface area contributed by atoms with E-state index in [0.29, 0.717) is 0 Å². The summed E-state index contributed by atoms with van der Waals surface area (Å²) in [5.74, 6) is 0. The van der Waals surface area contributed by atoms with Crippen molar-refractivity contribution in [3.63, 3.8) is 0 Å². The lowest BCUT2D eigenvalue weighted by molar-refractivity contribution is 0.660. The van der Waals surface area contributed by atoms with Gasteiger partial charge in [-0.1, -0.05) is 141 Å². The highest BCUT2D eigenvalue weighted by molar-refractivity contribution is 6.27. The van der Waals surface area contributed by atoms with Crippen LogP contribution in [0.1, 0.15) is 25.0 Å². The Balaban J connectivity index is 0.977. The van der Waals surface area contributed by atoms with Crippen LogP contribution in [0.5, 0.6) is 0 Å². The highest BCUT2D eigenvalue weighted by Crippen LogP contribution is 2.51. The van der Waals surface area contributed by atoms with Crippen molar-refractivity contribution in [2.24, 2.45) is 0 Å². The van der Waals surface area contributed by atoms with Gasteiger partial charge in [0.25, 0.3) is 0 Å². The van der Waals surface area contributed by atoms with Crippen molar-refractivity contribution < 1.29 is 4.42 Å². The molecule has 3 aromatic heterocycles. The Morgan fingerprint density at radius 2 is 0.983 bits per heavy atom. The van der Waals surface area contributed by atoms with Gasteiger partial charge in [-0.25, -0.2) is 0 Å². The number of anilines is 3. The smallest absolute Gasteiger partial charge is 0.135 e. The molecule has 12 aromatic rings. The van der Waals surface area contributed by atoms with Crippen LogP contribution in [0, 0.1) is 0 Å². The fourth-order valence-corrected chi connectivity index (χ4v) is 10.5. The molecule has 3 heteroatoms. The van der Waals surface area contributed by atoms with Gasteiger partial charge in [0.2, 0.25) is 0 Å². The number of para-hydroxylation sites is 3. The van der Waals surface area contributed by atoms with Gasteiger partial charge in [-0.05, 0) is 111 Å². The SMILES string of the molecule is CC1(C)c2ccccc2-c2cc(-c3ccc(N(c4ccc(-c5ccc6oc7ccccc7c6c5)cc4)c4ccc5c6ccccc6n6c7ccccc7c4c56)cc3)ccc21. The van der Waals surface area contributed by atoms with E-state index >= 15 is 0 Å². The molecule has 0 N–H and O–H groups in total. The largest absolute Gasteiger partial charge is 0.456 e. The summed E-state index contributed by atoms with van der Waals surface area (Å²) in [6.45, 7) is 4.68. The molecule has 0 bridgehead atoms. The highest BCUT2D eigenvalue weighted by Gasteiger charge is 2.35. The summed E-state index contributed by atoms with van der Waals surface area (Å²) in [5.41, 5.74) is 19.1. The predicted molar refractivity (Wildman–Crippen MR) is 251 cm³/mol. The van der Waals surface area contributed by atoms with Crippen LogP contribution in [0.3, 0.4) is 0 Å². The Morgan fingerprint density at radius 1 is 0.417 bits per heavy atom. The van der Waals surface area contributed by atoms with Gasteiger partial charge in [0.05, 0.1) is 22.2 Å². The van der Waals surface area contributed by atoms with Crippen LogP contribution < -0.4 is 4.90 Å². The number of furan rings is 1. The maximum absolute atomic E-state index is 6.16. The zero-order valence-electron chi connectivity index (χ0n) is 33.3. The van der Waals surface area contributed by atoms with Crippen molar-refractivity contribution in [2.75, 3.05) is 4.90 Å². The first-order chi connectivity index (χ1) is 29.5. The average Bonchev–Trinajstić information content (AvgIpc) is 4.02. The third-order valence-electron chi connectivity index (χ3n) is 13.3. The van der Waals surface area contributed by atoms with Crippen LogP contribution >= 0.6 is 0 Å². The van der Waals surface area contributed by atoms with Crippen molar-refractivity contribution in [1.29, 1.82) is 0 Å². The summed E-state index contributed by atoms with van der Waals surface area (Å²) in [6.07, 6.45) is 0. The topological polar surface area (TPSA) is 20.8 Å². The summed E-state index contributed by atoms with van der Waals surface area (Å²) in [5, 5.41) is 7.33. The molecule has 9 aromatic carbocycles. The lowest BCUT2D eigenvalue weighted by atomic mass is 9.82. The third-order valence-corrected chi connectivity index (χ3v) is 13.3. The van der Waals surface area contributed by atoms with E-state index in [1.807, 2.05) is 12.1 Å². The number of fused-ring (bicyclic) bond motifs is 12. The molecule has 60 heavy (non-hydrogen) atoms. The number of aromatic nitrogens is 1. The third kappa shape index (κ3) is 4.60. The van der Waals surface area contributed by atoms with Crippen molar-refractivity contribution >= 4 is 77.1 Å². The molecule has 1 aliphatic rings. The molecule has 0 unspecified atom stereocenters. The summed E-state index contributed by atoms with van der Waals surface area (Å²) < 4.78 is 8.63. The van der Waals surface area contributed by atoms with Crippen molar-refractivity contribution in [3.8, 4) is 33.4 Å². The molecular weight excluding hydrogens is 729 g/mol. The minimum atomic E-state index is -0.0163. The maximum atomic E-state index is 6.16. The van der Waals surface area contributed by atoms with E-state index in [2.05, 4.69) is 205 Å².